The molecule has 3 heteroatoms. The number of hydrogen-bond donors (Lipinski definition) is 1. The van der Waals surface area contributed by atoms with Crippen LogP contribution in [0.3, 0.4) is 0 Å². The van der Waals surface area contributed by atoms with E-state index in [-0.39, 0.29) is 5.78 Å². The van der Waals surface area contributed by atoms with Gasteiger partial charge in [-0.25, -0.2) is 0 Å². The SMILES string of the molecule is O=C(CNc1ccccc1)C1=COCCC1. The van der Waals surface area contributed by atoms with Crippen molar-refractivity contribution in [2.24, 2.45) is 0 Å². The Morgan fingerprint density at radius 3 is 2.81 bits per heavy atom. The van der Waals surface area contributed by atoms with Gasteiger partial charge in [-0.1, -0.05) is 18.2 Å². The molecule has 0 saturated carbocycles. The van der Waals surface area contributed by atoms with Crippen molar-refractivity contribution in [2.75, 3.05) is 18.5 Å². The normalized spacial score (nSPS) is 14.9. The number of carbonyl (C=O) groups excluding carboxylic acids is 1. The van der Waals surface area contributed by atoms with Crippen LogP contribution in [0.25, 0.3) is 0 Å². The maximum Gasteiger partial charge on any atom is 0.180 e. The third kappa shape index (κ3) is 2.86. The summed E-state index contributed by atoms with van der Waals surface area (Å²) in [6, 6.07) is 9.72. The highest BCUT2D eigenvalue weighted by Gasteiger charge is 2.12. The van der Waals surface area contributed by atoms with Crippen molar-refractivity contribution in [1.29, 1.82) is 0 Å². The third-order valence-corrected chi connectivity index (χ3v) is 2.52. The lowest BCUT2D eigenvalue weighted by Gasteiger charge is -2.13. The second-order valence-electron chi connectivity index (χ2n) is 3.76. The predicted octanol–water partition coefficient (Wildman–Crippen LogP) is 2.36. The van der Waals surface area contributed by atoms with E-state index >= 15 is 0 Å². The number of rotatable bonds is 4. The average molecular weight is 217 g/mol. The number of carbonyl (C=O) groups is 1. The molecule has 1 aliphatic rings. The summed E-state index contributed by atoms with van der Waals surface area (Å²) in [6.07, 6.45) is 3.36. The van der Waals surface area contributed by atoms with Crippen LogP contribution in [0.5, 0.6) is 0 Å². The number of ketones is 1. The quantitative estimate of drug-likeness (QED) is 0.841. The van der Waals surface area contributed by atoms with E-state index in [1.54, 1.807) is 6.26 Å². The summed E-state index contributed by atoms with van der Waals surface area (Å²) in [5.74, 6) is 0.114. The van der Waals surface area contributed by atoms with Gasteiger partial charge in [0.2, 0.25) is 0 Å². The number of hydrogen-bond acceptors (Lipinski definition) is 3. The summed E-state index contributed by atoms with van der Waals surface area (Å²) in [6.45, 7) is 1.06. The molecule has 0 amide bonds. The van der Waals surface area contributed by atoms with E-state index in [1.807, 2.05) is 30.3 Å². The molecule has 0 atom stereocenters. The van der Waals surface area contributed by atoms with Crippen molar-refractivity contribution in [3.63, 3.8) is 0 Å². The zero-order valence-electron chi connectivity index (χ0n) is 9.11. The fourth-order valence-electron chi connectivity index (χ4n) is 1.62. The minimum Gasteiger partial charge on any atom is -0.501 e. The van der Waals surface area contributed by atoms with Gasteiger partial charge in [0.05, 0.1) is 19.4 Å². The third-order valence-electron chi connectivity index (χ3n) is 2.52. The Morgan fingerprint density at radius 2 is 2.12 bits per heavy atom. The van der Waals surface area contributed by atoms with Crippen LogP contribution in [0.4, 0.5) is 5.69 Å². The first kappa shape index (κ1) is 10.7. The molecule has 16 heavy (non-hydrogen) atoms. The molecule has 1 aromatic carbocycles. The molecule has 3 nitrogen and oxygen atoms in total. The Bertz CT molecular complexity index is 384. The summed E-state index contributed by atoms with van der Waals surface area (Å²) < 4.78 is 5.14. The Morgan fingerprint density at radius 1 is 1.31 bits per heavy atom. The molecule has 1 aliphatic heterocycles. The zero-order valence-corrected chi connectivity index (χ0v) is 9.11. The highest BCUT2D eigenvalue weighted by molar-refractivity contribution is 5.98. The first-order chi connectivity index (χ1) is 7.86. The minimum absolute atomic E-state index is 0.114. The van der Waals surface area contributed by atoms with Gasteiger partial charge >= 0.3 is 0 Å². The van der Waals surface area contributed by atoms with Crippen LogP contribution in [0.15, 0.2) is 42.2 Å². The maximum atomic E-state index is 11.8. The number of para-hydroxylation sites is 1. The topological polar surface area (TPSA) is 38.3 Å². The lowest BCUT2D eigenvalue weighted by molar-refractivity contribution is -0.114. The Labute approximate surface area is 95.1 Å². The smallest absolute Gasteiger partial charge is 0.180 e. The fourth-order valence-corrected chi connectivity index (χ4v) is 1.62. The van der Waals surface area contributed by atoms with E-state index in [2.05, 4.69) is 5.32 Å². The molecule has 1 aromatic rings. The van der Waals surface area contributed by atoms with Gasteiger partial charge < -0.3 is 10.1 Å². The highest BCUT2D eigenvalue weighted by atomic mass is 16.5. The molecule has 0 bridgehead atoms. The van der Waals surface area contributed by atoms with Gasteiger partial charge in [0.1, 0.15) is 0 Å². The zero-order chi connectivity index (χ0) is 11.2. The monoisotopic (exact) mass is 217 g/mol. The summed E-state index contributed by atoms with van der Waals surface area (Å²) in [4.78, 5) is 11.8. The minimum atomic E-state index is 0.114. The number of anilines is 1. The van der Waals surface area contributed by atoms with Gasteiger partial charge in [0.25, 0.3) is 0 Å². The number of ether oxygens (including phenoxy) is 1. The van der Waals surface area contributed by atoms with Gasteiger partial charge in [-0.15, -0.1) is 0 Å². The molecular formula is C13H15NO2. The largest absolute Gasteiger partial charge is 0.501 e. The number of Topliss-reactive ketones (excluding diaryl/α,β-unsaturated/α-hetero) is 1. The molecule has 0 aliphatic carbocycles. The van der Waals surface area contributed by atoms with Gasteiger partial charge in [-0.2, -0.15) is 0 Å². The fraction of sp³-hybridized carbons (Fsp3) is 0.308. The van der Waals surface area contributed by atoms with Crippen LogP contribution in [0.1, 0.15) is 12.8 Å². The van der Waals surface area contributed by atoms with Crippen LogP contribution in [-0.2, 0) is 9.53 Å². The summed E-state index contributed by atoms with van der Waals surface area (Å²) in [5, 5.41) is 3.10. The van der Waals surface area contributed by atoms with Crippen LogP contribution in [0, 0.1) is 0 Å². The van der Waals surface area contributed by atoms with Crippen molar-refractivity contribution in [1.82, 2.24) is 0 Å². The Balaban J connectivity index is 1.86. The van der Waals surface area contributed by atoms with Crippen molar-refractivity contribution in [2.45, 2.75) is 12.8 Å². The molecule has 1 heterocycles. The molecule has 0 aromatic heterocycles. The molecule has 2 rings (SSSR count). The van der Waals surface area contributed by atoms with E-state index in [1.165, 1.54) is 0 Å². The lowest BCUT2D eigenvalue weighted by atomic mass is 10.1. The number of nitrogens with one attached hydrogen (secondary N) is 1. The second kappa shape index (κ2) is 5.35. The lowest BCUT2D eigenvalue weighted by Crippen LogP contribution is -2.18. The molecule has 0 unspecified atom stereocenters. The molecule has 1 N–H and O–H groups in total. The predicted molar refractivity (Wildman–Crippen MR) is 63.2 cm³/mol. The van der Waals surface area contributed by atoms with Crippen LogP contribution < -0.4 is 5.32 Å². The summed E-state index contributed by atoms with van der Waals surface area (Å²) in [7, 11) is 0. The first-order valence-corrected chi connectivity index (χ1v) is 5.49. The first-order valence-electron chi connectivity index (χ1n) is 5.49. The Kier molecular flexibility index (Phi) is 3.59. The van der Waals surface area contributed by atoms with Crippen molar-refractivity contribution >= 4 is 11.5 Å². The van der Waals surface area contributed by atoms with E-state index in [4.69, 9.17) is 4.74 Å². The molecule has 0 saturated heterocycles. The summed E-state index contributed by atoms with van der Waals surface area (Å²) >= 11 is 0. The van der Waals surface area contributed by atoms with Crippen LogP contribution >= 0.6 is 0 Å². The van der Waals surface area contributed by atoms with Gasteiger partial charge in [0.15, 0.2) is 5.78 Å². The van der Waals surface area contributed by atoms with E-state index in [0.29, 0.717) is 6.54 Å². The van der Waals surface area contributed by atoms with Gasteiger partial charge in [-0.05, 0) is 25.0 Å². The van der Waals surface area contributed by atoms with Crippen molar-refractivity contribution < 1.29 is 9.53 Å². The molecule has 0 fully saturated rings. The Hall–Kier alpha value is -1.77. The molecule has 0 radical (unpaired) electrons. The van der Waals surface area contributed by atoms with Crippen molar-refractivity contribution in [3.05, 3.63) is 42.2 Å². The molecule has 0 spiro atoms. The van der Waals surface area contributed by atoms with Gasteiger partial charge in [-0.3, -0.25) is 4.79 Å². The van der Waals surface area contributed by atoms with Crippen LogP contribution in [0.2, 0.25) is 0 Å². The number of benzene rings is 1. The van der Waals surface area contributed by atoms with Crippen LogP contribution in [-0.4, -0.2) is 18.9 Å². The van der Waals surface area contributed by atoms with E-state index in [0.717, 1.165) is 30.7 Å². The maximum absolute atomic E-state index is 11.8. The molecular weight excluding hydrogens is 202 g/mol. The second-order valence-corrected chi connectivity index (χ2v) is 3.76. The van der Waals surface area contributed by atoms with Gasteiger partial charge in [0, 0.05) is 11.3 Å². The average Bonchev–Trinajstić information content (AvgIpc) is 2.38. The standard InChI is InChI=1S/C13H15NO2/c15-13(11-5-4-8-16-10-11)9-14-12-6-2-1-3-7-12/h1-3,6-7,10,14H,4-5,8-9H2. The van der Waals surface area contributed by atoms with E-state index in [9.17, 15) is 4.79 Å². The van der Waals surface area contributed by atoms with E-state index < -0.39 is 0 Å². The highest BCUT2D eigenvalue weighted by Crippen LogP contribution is 2.13. The molecule has 84 valence electrons. The van der Waals surface area contributed by atoms with Crippen molar-refractivity contribution in [3.8, 4) is 0 Å². The summed E-state index contributed by atoms with van der Waals surface area (Å²) in [5.41, 5.74) is 1.75.